The normalized spacial score (nSPS) is 17.1. The topological polar surface area (TPSA) is 0 Å². The molecule has 3 aliphatic rings. The Hall–Kier alpha value is -5.08. The van der Waals surface area contributed by atoms with Gasteiger partial charge in [-0.05, 0) is 0 Å². The van der Waals surface area contributed by atoms with Crippen molar-refractivity contribution in [2.45, 2.75) is 76.5 Å². The average Bonchev–Trinajstić information content (AvgIpc) is 4.04. The number of benzene rings is 8. The summed E-state index contributed by atoms with van der Waals surface area (Å²) in [6.07, 6.45) is 5.12. The molecule has 2 aliphatic carbocycles. The van der Waals surface area contributed by atoms with E-state index in [2.05, 4.69) is 245 Å². The van der Waals surface area contributed by atoms with Gasteiger partial charge in [0.2, 0.25) is 0 Å². The molecule has 0 saturated heterocycles. The third-order valence-corrected chi connectivity index (χ3v) is 38.2. The summed E-state index contributed by atoms with van der Waals surface area (Å²) in [5.74, 6) is 0. The fraction of sp³-hybridized carbons (Fsp3) is 0.212. The van der Waals surface area contributed by atoms with E-state index in [0.717, 1.165) is 0 Å². The molecule has 0 spiro atoms. The molecule has 1 aliphatic heterocycles. The molecule has 2 unspecified atom stereocenters. The Morgan fingerprint density at radius 3 is 1.27 bits per heavy atom. The first-order chi connectivity index (χ1) is 33.3. The van der Waals surface area contributed by atoms with Crippen molar-refractivity contribution in [2.75, 3.05) is 0 Å². The van der Waals surface area contributed by atoms with Gasteiger partial charge < -0.3 is 0 Å². The third-order valence-electron chi connectivity index (χ3n) is 15.7. The molecule has 8 aromatic carbocycles. The molecule has 0 aromatic heterocycles. The van der Waals surface area contributed by atoms with Gasteiger partial charge in [0.15, 0.2) is 0 Å². The van der Waals surface area contributed by atoms with E-state index in [9.17, 15) is 17.0 Å². The third kappa shape index (κ3) is 7.62. The van der Waals surface area contributed by atoms with E-state index in [1.807, 2.05) is 0 Å². The minimum atomic E-state index is -6.00. The van der Waals surface area contributed by atoms with E-state index in [-0.39, 0.29) is 18.1 Å². The first kappa shape index (κ1) is 47.3. The summed E-state index contributed by atoms with van der Waals surface area (Å²) in [7, 11) is 18.5. The molecule has 0 fully saturated rings. The van der Waals surface area contributed by atoms with Crippen LogP contribution in [0.4, 0.5) is 0 Å². The molecule has 70 heavy (non-hydrogen) atoms. The molecular formula is C66H63Cl2SiZr. The van der Waals surface area contributed by atoms with Crippen LogP contribution in [0.1, 0.15) is 93.3 Å². The van der Waals surface area contributed by atoms with E-state index in [4.69, 9.17) is 0 Å². The van der Waals surface area contributed by atoms with Crippen LogP contribution in [0.25, 0.3) is 67.8 Å². The zero-order chi connectivity index (χ0) is 49.1. The molecule has 0 N–H and O–H groups in total. The number of halogens is 2. The summed E-state index contributed by atoms with van der Waals surface area (Å²) >= 11 is -6.00. The fourth-order valence-electron chi connectivity index (χ4n) is 13.0. The number of hydrogen-bond donors (Lipinski definition) is 0. The molecule has 0 saturated carbocycles. The van der Waals surface area contributed by atoms with Gasteiger partial charge >= 0.3 is 431 Å². The first-order valence-electron chi connectivity index (χ1n) is 25.2. The predicted octanol–water partition coefficient (Wildman–Crippen LogP) is 16.7. The summed E-state index contributed by atoms with van der Waals surface area (Å²) in [6, 6.07) is 61.7. The number of hydrogen-bond acceptors (Lipinski definition) is 0. The van der Waals surface area contributed by atoms with Gasteiger partial charge in [0, 0.05) is 0 Å². The van der Waals surface area contributed by atoms with Crippen molar-refractivity contribution < 1.29 is 16.4 Å². The Labute approximate surface area is 427 Å². The van der Waals surface area contributed by atoms with Crippen molar-refractivity contribution in [3.8, 4) is 55.6 Å². The van der Waals surface area contributed by atoms with Gasteiger partial charge in [-0.1, -0.05) is 0 Å². The van der Waals surface area contributed by atoms with Crippen molar-refractivity contribution in [2.24, 2.45) is 10.8 Å². The molecule has 0 nitrogen and oxygen atoms in total. The van der Waals surface area contributed by atoms with Gasteiger partial charge in [-0.25, -0.2) is 0 Å². The Morgan fingerprint density at radius 2 is 0.829 bits per heavy atom. The maximum atomic E-state index is 9.74. The average molecular weight is 1050 g/mol. The Bertz CT molecular complexity index is 3290. The van der Waals surface area contributed by atoms with Crippen molar-refractivity contribution in [1.29, 1.82) is 0 Å². The fourth-order valence-corrected chi connectivity index (χ4v) is 41.3. The van der Waals surface area contributed by atoms with Gasteiger partial charge in [0.25, 0.3) is 0 Å². The van der Waals surface area contributed by atoms with E-state index in [1.54, 1.807) is 0 Å². The van der Waals surface area contributed by atoms with Crippen LogP contribution >= 0.6 is 17.0 Å². The van der Waals surface area contributed by atoms with E-state index < -0.39 is 25.9 Å². The molecule has 1 heterocycles. The SMILES string of the molecule is Cc1cc(C)cc(-c2c(-c3ccccc3)ccc3c2C=C(C(C)(C)C)[CH]3[Zr]([Cl])([Cl])([c]2cccc3c2[SiH2]c2ccccc2-3)[CH]2C(C(C)(C)C)=Cc3c2ccc(-c2ccccc2)c3-c2cc(C)cc(C)c2)c1. The summed E-state index contributed by atoms with van der Waals surface area (Å²) < 4.78 is 0.781. The zero-order valence-electron chi connectivity index (χ0n) is 42.4. The molecule has 0 radical (unpaired) electrons. The Balaban J connectivity index is 1.29. The van der Waals surface area contributed by atoms with Crippen LogP contribution in [-0.4, -0.2) is 9.52 Å². The second-order valence-corrected chi connectivity index (χ2v) is 45.3. The predicted molar refractivity (Wildman–Crippen MR) is 305 cm³/mol. The van der Waals surface area contributed by atoms with Crippen LogP contribution in [0.2, 0.25) is 0 Å². The summed E-state index contributed by atoms with van der Waals surface area (Å²) in [5.41, 5.74) is 24.7. The molecule has 2 atom stereocenters. The molecular weight excluding hydrogens is 983 g/mol. The standard InChI is InChI=1S/2C27H27.C12H9Si.2ClH.Zr/c2*1-18-13-19(2)15-22(14-18)26-24(20-9-7-6-8-10-20)12-11-21-16-23(17-25(21)26)27(3,4)5;1-3-7-11-9(5-1)10-6-2-4-8-12(10)13-11;;;/h2*6-17H,1-5H3;1-7H,13H2;2*1H;/q;;;;;+2/p-2. The first-order valence-corrected chi connectivity index (χ1v) is 37.0. The second kappa shape index (κ2) is 17.0. The van der Waals surface area contributed by atoms with Crippen LogP contribution in [0.15, 0.2) is 175 Å². The van der Waals surface area contributed by atoms with Crippen molar-refractivity contribution in [3.63, 3.8) is 0 Å². The maximum absolute atomic E-state index is 9.74. The van der Waals surface area contributed by atoms with Crippen molar-refractivity contribution in [1.82, 2.24) is 0 Å². The van der Waals surface area contributed by atoms with Crippen molar-refractivity contribution in [3.05, 3.63) is 219 Å². The van der Waals surface area contributed by atoms with E-state index in [1.165, 1.54) is 125 Å². The van der Waals surface area contributed by atoms with E-state index in [0.29, 0.717) is 0 Å². The van der Waals surface area contributed by atoms with Crippen molar-refractivity contribution >= 4 is 52.3 Å². The molecule has 0 amide bonds. The van der Waals surface area contributed by atoms with Crippen LogP contribution in [0, 0.1) is 38.5 Å². The summed E-state index contributed by atoms with van der Waals surface area (Å²) in [6.45, 7) is 23.2. The van der Waals surface area contributed by atoms with Crippen LogP contribution in [-0.2, 0) is 16.4 Å². The number of fused-ring (bicyclic) bond motifs is 5. The van der Waals surface area contributed by atoms with Gasteiger partial charge in [-0.15, -0.1) is 0 Å². The van der Waals surface area contributed by atoms with Gasteiger partial charge in [0.05, 0.1) is 0 Å². The van der Waals surface area contributed by atoms with Gasteiger partial charge in [0.1, 0.15) is 0 Å². The van der Waals surface area contributed by atoms with Gasteiger partial charge in [-0.3, -0.25) is 0 Å². The minimum absolute atomic E-state index is 0.237. The monoisotopic (exact) mass is 1040 g/mol. The number of aryl methyl sites for hydroxylation is 4. The zero-order valence-corrected chi connectivity index (χ0v) is 47.7. The molecule has 8 aromatic rings. The summed E-state index contributed by atoms with van der Waals surface area (Å²) in [5, 5.41) is 2.91. The molecule has 11 rings (SSSR count). The molecule has 349 valence electrons. The van der Waals surface area contributed by atoms with Crippen LogP contribution in [0.5, 0.6) is 0 Å². The molecule has 4 heteroatoms. The molecule has 0 bridgehead atoms. The number of rotatable bonds is 7. The van der Waals surface area contributed by atoms with E-state index >= 15 is 0 Å². The quantitative estimate of drug-likeness (QED) is 0.140. The van der Waals surface area contributed by atoms with Crippen LogP contribution in [0.3, 0.4) is 0 Å². The summed E-state index contributed by atoms with van der Waals surface area (Å²) in [4.78, 5) is 0. The second-order valence-electron chi connectivity index (χ2n) is 22.9. The Morgan fingerprint density at radius 1 is 0.414 bits per heavy atom. The number of allylic oxidation sites excluding steroid dienone is 2. The Kier molecular flexibility index (Phi) is 11.5. The van der Waals surface area contributed by atoms with Gasteiger partial charge in [-0.2, -0.15) is 0 Å². The van der Waals surface area contributed by atoms with Crippen LogP contribution < -0.4 is 13.6 Å².